The van der Waals surface area contributed by atoms with E-state index < -0.39 is 17.8 Å². The van der Waals surface area contributed by atoms with Crippen molar-refractivity contribution in [3.05, 3.63) is 0 Å². The first-order valence-electron chi connectivity index (χ1n) is 5.02. The molecule has 0 bridgehead atoms. The Kier molecular flexibility index (Phi) is 5.63. The Morgan fingerprint density at radius 1 is 1.12 bits per heavy atom. The molecule has 6 nitrogen and oxygen atoms in total. The van der Waals surface area contributed by atoms with E-state index in [0.29, 0.717) is 0 Å². The molecule has 0 spiro atoms. The summed E-state index contributed by atoms with van der Waals surface area (Å²) >= 11 is 0. The van der Waals surface area contributed by atoms with E-state index in [1.165, 1.54) is 0 Å². The highest BCUT2D eigenvalue weighted by Crippen LogP contribution is 2.08. The number of hydrogen-bond acceptors (Lipinski definition) is 4. The van der Waals surface area contributed by atoms with Crippen LogP contribution in [0.5, 0.6) is 0 Å². The van der Waals surface area contributed by atoms with E-state index in [9.17, 15) is 9.59 Å². The molecule has 0 rings (SSSR count). The molecule has 92 valence electrons. The second-order valence-corrected chi connectivity index (χ2v) is 4.65. The lowest BCUT2D eigenvalue weighted by atomic mass is 10.2. The van der Waals surface area contributed by atoms with Gasteiger partial charge in [0.1, 0.15) is 5.60 Å². The average molecular weight is 230 g/mol. The van der Waals surface area contributed by atoms with Crippen LogP contribution in [0, 0.1) is 5.92 Å². The molecule has 0 aliphatic heterocycles. The van der Waals surface area contributed by atoms with E-state index in [4.69, 9.17) is 4.74 Å². The highest BCUT2D eigenvalue weighted by Gasteiger charge is 2.16. The van der Waals surface area contributed by atoms with Gasteiger partial charge in [-0.1, -0.05) is 24.1 Å². The Balaban J connectivity index is 3.99. The maximum atomic E-state index is 11.0. The first kappa shape index (κ1) is 14.5. The number of hydrogen-bond donors (Lipinski definition) is 0. The van der Waals surface area contributed by atoms with Gasteiger partial charge in [-0.3, -0.25) is 0 Å². The number of azo groups is 1. The Morgan fingerprint density at radius 3 is 2.06 bits per heavy atom. The van der Waals surface area contributed by atoms with Gasteiger partial charge in [-0.25, -0.2) is 9.59 Å². The maximum Gasteiger partial charge on any atom is 0.453 e. The van der Waals surface area contributed by atoms with Gasteiger partial charge >= 0.3 is 12.2 Å². The van der Waals surface area contributed by atoms with Crippen molar-refractivity contribution in [2.75, 3.05) is 6.61 Å². The molecule has 0 radical (unpaired) electrons. The predicted molar refractivity (Wildman–Crippen MR) is 57.3 cm³/mol. The minimum Gasteiger partial charge on any atom is -0.447 e. The lowest BCUT2D eigenvalue weighted by Gasteiger charge is -2.16. The third-order valence-corrected chi connectivity index (χ3v) is 1.15. The highest BCUT2D eigenvalue weighted by molar-refractivity contribution is 5.73. The molecule has 0 heterocycles. The second kappa shape index (κ2) is 6.19. The molecule has 0 saturated carbocycles. The SMILES string of the molecule is CC(C)COC(=O)/N=N/C(=O)OC(C)(C)C. The summed E-state index contributed by atoms with van der Waals surface area (Å²) < 4.78 is 9.48. The summed E-state index contributed by atoms with van der Waals surface area (Å²) in [5.41, 5.74) is -0.655. The van der Waals surface area contributed by atoms with Gasteiger partial charge in [0.15, 0.2) is 0 Å². The van der Waals surface area contributed by atoms with Crippen molar-refractivity contribution < 1.29 is 19.1 Å². The molecule has 0 N–H and O–H groups in total. The summed E-state index contributed by atoms with van der Waals surface area (Å²) in [5, 5.41) is 6.15. The van der Waals surface area contributed by atoms with E-state index in [2.05, 4.69) is 15.0 Å². The van der Waals surface area contributed by atoms with Gasteiger partial charge in [0.05, 0.1) is 6.61 Å². The number of carbonyl (C=O) groups is 2. The van der Waals surface area contributed by atoms with E-state index in [1.807, 2.05) is 13.8 Å². The van der Waals surface area contributed by atoms with Crippen LogP contribution in [0.3, 0.4) is 0 Å². The summed E-state index contributed by atoms with van der Waals surface area (Å²) in [4.78, 5) is 21.9. The van der Waals surface area contributed by atoms with Crippen LogP contribution in [0.15, 0.2) is 10.2 Å². The molecule has 6 heteroatoms. The zero-order valence-corrected chi connectivity index (χ0v) is 10.3. The highest BCUT2D eigenvalue weighted by atomic mass is 16.6. The predicted octanol–water partition coefficient (Wildman–Crippen LogP) is 3.17. The number of nitrogens with zero attached hydrogens (tertiary/aromatic N) is 2. The molecule has 16 heavy (non-hydrogen) atoms. The van der Waals surface area contributed by atoms with Crippen LogP contribution in [0.1, 0.15) is 34.6 Å². The lowest BCUT2D eigenvalue weighted by Crippen LogP contribution is -2.21. The lowest BCUT2D eigenvalue weighted by molar-refractivity contribution is 0.0585. The van der Waals surface area contributed by atoms with Gasteiger partial charge in [0.25, 0.3) is 0 Å². The summed E-state index contributed by atoms with van der Waals surface area (Å²) in [5.74, 6) is 0.209. The van der Waals surface area contributed by atoms with Gasteiger partial charge in [0.2, 0.25) is 0 Å². The first-order valence-corrected chi connectivity index (χ1v) is 5.02. The van der Waals surface area contributed by atoms with Crippen molar-refractivity contribution in [3.8, 4) is 0 Å². The number of rotatable bonds is 2. The molecule has 0 aromatic rings. The van der Waals surface area contributed by atoms with Crippen molar-refractivity contribution in [2.24, 2.45) is 16.1 Å². The van der Waals surface area contributed by atoms with Crippen molar-refractivity contribution in [1.29, 1.82) is 0 Å². The van der Waals surface area contributed by atoms with E-state index in [-0.39, 0.29) is 12.5 Å². The van der Waals surface area contributed by atoms with E-state index >= 15 is 0 Å². The first-order chi connectivity index (χ1) is 7.20. The average Bonchev–Trinajstić information content (AvgIpc) is 2.08. The van der Waals surface area contributed by atoms with Crippen LogP contribution < -0.4 is 0 Å². The fraction of sp³-hybridized carbons (Fsp3) is 0.800. The molecular weight excluding hydrogens is 212 g/mol. The monoisotopic (exact) mass is 230 g/mol. The fourth-order valence-electron chi connectivity index (χ4n) is 0.631. The van der Waals surface area contributed by atoms with Crippen molar-refractivity contribution in [1.82, 2.24) is 0 Å². The molecule has 0 aromatic carbocycles. The van der Waals surface area contributed by atoms with Gasteiger partial charge in [-0.05, 0) is 26.7 Å². The summed E-state index contributed by atoms with van der Waals surface area (Å²) in [6.45, 7) is 9.09. The molecule has 0 aromatic heterocycles. The molecule has 0 aliphatic rings. The van der Waals surface area contributed by atoms with Crippen LogP contribution in [-0.4, -0.2) is 24.4 Å². The molecular formula is C10H18N2O4. The quantitative estimate of drug-likeness (QED) is 0.682. The van der Waals surface area contributed by atoms with Crippen molar-refractivity contribution in [3.63, 3.8) is 0 Å². The smallest absolute Gasteiger partial charge is 0.447 e. The summed E-state index contributed by atoms with van der Waals surface area (Å²) in [6, 6.07) is 0. The largest absolute Gasteiger partial charge is 0.453 e. The minimum atomic E-state index is -0.908. The van der Waals surface area contributed by atoms with E-state index in [0.717, 1.165) is 0 Å². The van der Waals surface area contributed by atoms with Crippen LogP contribution in [0.2, 0.25) is 0 Å². The minimum absolute atomic E-state index is 0.209. The van der Waals surface area contributed by atoms with Gasteiger partial charge in [-0.15, -0.1) is 0 Å². The summed E-state index contributed by atoms with van der Waals surface area (Å²) in [7, 11) is 0. The number of carbonyl (C=O) groups excluding carboxylic acids is 2. The van der Waals surface area contributed by atoms with Crippen LogP contribution >= 0.6 is 0 Å². The van der Waals surface area contributed by atoms with Crippen LogP contribution in [0.25, 0.3) is 0 Å². The Bertz CT molecular complexity index is 279. The Morgan fingerprint density at radius 2 is 1.62 bits per heavy atom. The van der Waals surface area contributed by atoms with Gasteiger partial charge < -0.3 is 9.47 Å². The standard InChI is InChI=1S/C10H18N2O4/c1-7(2)6-15-8(13)11-12-9(14)16-10(3,4)5/h7H,6H2,1-5H3/b12-11+. The molecule has 0 saturated heterocycles. The Hall–Kier alpha value is -1.46. The van der Waals surface area contributed by atoms with Crippen LogP contribution in [0.4, 0.5) is 9.59 Å². The number of ether oxygens (including phenoxy) is 2. The molecule has 0 atom stereocenters. The maximum absolute atomic E-state index is 11.0. The fourth-order valence-corrected chi connectivity index (χ4v) is 0.631. The number of amides is 2. The molecule has 2 amide bonds. The van der Waals surface area contributed by atoms with Crippen molar-refractivity contribution >= 4 is 12.2 Å². The molecule has 0 aliphatic carbocycles. The zero-order valence-electron chi connectivity index (χ0n) is 10.3. The zero-order chi connectivity index (χ0) is 12.8. The third-order valence-electron chi connectivity index (χ3n) is 1.15. The second-order valence-electron chi connectivity index (χ2n) is 4.65. The van der Waals surface area contributed by atoms with Crippen molar-refractivity contribution in [2.45, 2.75) is 40.2 Å². The van der Waals surface area contributed by atoms with E-state index in [1.54, 1.807) is 20.8 Å². The van der Waals surface area contributed by atoms with Gasteiger partial charge in [0, 0.05) is 0 Å². The molecule has 0 unspecified atom stereocenters. The normalized spacial score (nSPS) is 11.9. The topological polar surface area (TPSA) is 77.3 Å². The third kappa shape index (κ3) is 9.11. The Labute approximate surface area is 95.0 Å². The molecule has 0 fully saturated rings. The van der Waals surface area contributed by atoms with Gasteiger partial charge in [-0.2, -0.15) is 0 Å². The van der Waals surface area contributed by atoms with Crippen LogP contribution in [-0.2, 0) is 9.47 Å². The summed E-state index contributed by atoms with van der Waals surface area (Å²) in [6.07, 6.45) is -1.80.